The van der Waals surface area contributed by atoms with Gasteiger partial charge in [0.05, 0.1) is 12.6 Å². The molecule has 1 aromatic carbocycles. The van der Waals surface area contributed by atoms with Gasteiger partial charge in [0, 0.05) is 24.8 Å². The molecule has 6 heteroatoms. The van der Waals surface area contributed by atoms with Crippen molar-refractivity contribution in [3.8, 4) is 5.75 Å². The monoisotopic (exact) mass is 351 g/mol. The van der Waals surface area contributed by atoms with E-state index in [0.29, 0.717) is 30.1 Å². The number of carbonyl (C=O) groups excluding carboxylic acids is 2. The Labute approximate surface area is 152 Å². The van der Waals surface area contributed by atoms with Gasteiger partial charge in [-0.1, -0.05) is 12.1 Å². The molecule has 1 atom stereocenters. The van der Waals surface area contributed by atoms with E-state index >= 15 is 0 Å². The van der Waals surface area contributed by atoms with Crippen LogP contribution in [0.2, 0.25) is 0 Å². The highest BCUT2D eigenvalue weighted by Gasteiger charge is 2.43. The van der Waals surface area contributed by atoms with Crippen molar-refractivity contribution in [1.82, 2.24) is 15.2 Å². The zero-order valence-corrected chi connectivity index (χ0v) is 14.7. The molecule has 2 aromatic rings. The van der Waals surface area contributed by atoms with Gasteiger partial charge in [0.15, 0.2) is 0 Å². The van der Waals surface area contributed by atoms with Crippen LogP contribution in [-0.4, -0.2) is 47.4 Å². The zero-order valence-electron chi connectivity index (χ0n) is 14.7. The molecule has 0 bridgehead atoms. The minimum Gasteiger partial charge on any atom is -0.497 e. The predicted octanol–water partition coefficient (Wildman–Crippen LogP) is 2.05. The first-order valence-corrected chi connectivity index (χ1v) is 8.80. The van der Waals surface area contributed by atoms with Crippen molar-refractivity contribution in [3.63, 3.8) is 0 Å². The third kappa shape index (κ3) is 2.92. The Hall–Kier alpha value is -2.89. The zero-order chi connectivity index (χ0) is 18.1. The Balaban J connectivity index is 1.54. The second kappa shape index (κ2) is 6.44. The maximum atomic E-state index is 12.8. The molecule has 26 heavy (non-hydrogen) atoms. The number of ether oxygens (including phenoxy) is 1. The van der Waals surface area contributed by atoms with Crippen molar-refractivity contribution in [3.05, 3.63) is 59.4 Å². The van der Waals surface area contributed by atoms with Crippen LogP contribution in [0.1, 0.15) is 39.3 Å². The van der Waals surface area contributed by atoms with Crippen LogP contribution >= 0.6 is 0 Å². The molecule has 0 saturated carbocycles. The largest absolute Gasteiger partial charge is 0.497 e. The third-order valence-electron chi connectivity index (χ3n) is 5.34. The van der Waals surface area contributed by atoms with Crippen LogP contribution in [0.4, 0.5) is 0 Å². The van der Waals surface area contributed by atoms with Gasteiger partial charge in [0.2, 0.25) is 0 Å². The van der Waals surface area contributed by atoms with Crippen molar-refractivity contribution in [2.45, 2.75) is 24.8 Å². The number of aromatic nitrogens is 1. The van der Waals surface area contributed by atoms with Crippen molar-refractivity contribution >= 4 is 11.8 Å². The SMILES string of the molecule is COc1ccc2c(c1)C(=O)N[C@]1(CC2)CCN(C(=O)c2ccccn2)C1. The summed E-state index contributed by atoms with van der Waals surface area (Å²) in [5, 5.41) is 3.19. The lowest BCUT2D eigenvalue weighted by Crippen LogP contribution is -2.50. The summed E-state index contributed by atoms with van der Waals surface area (Å²) < 4.78 is 5.24. The standard InChI is InChI=1S/C20H21N3O3/c1-26-15-6-5-14-7-8-20(22-18(24)16(14)12-15)9-11-23(13-20)19(25)17-4-2-3-10-21-17/h2-6,10,12H,7-9,11,13H2,1H3,(H,22,24)/t20-/m1/s1. The highest BCUT2D eigenvalue weighted by Crippen LogP contribution is 2.32. The topological polar surface area (TPSA) is 71.5 Å². The van der Waals surface area contributed by atoms with Crippen LogP contribution < -0.4 is 10.1 Å². The average Bonchev–Trinajstić information content (AvgIpc) is 3.04. The van der Waals surface area contributed by atoms with Crippen molar-refractivity contribution in [2.75, 3.05) is 20.2 Å². The lowest BCUT2D eigenvalue weighted by Gasteiger charge is -2.28. The molecular weight excluding hydrogens is 330 g/mol. The Morgan fingerprint density at radius 3 is 2.92 bits per heavy atom. The van der Waals surface area contributed by atoms with Gasteiger partial charge in [0.25, 0.3) is 11.8 Å². The van der Waals surface area contributed by atoms with Crippen LogP contribution in [0.5, 0.6) is 5.75 Å². The van der Waals surface area contributed by atoms with Crippen LogP contribution in [0.15, 0.2) is 42.6 Å². The molecule has 0 aliphatic carbocycles. The smallest absolute Gasteiger partial charge is 0.272 e. The van der Waals surface area contributed by atoms with E-state index in [4.69, 9.17) is 4.74 Å². The fourth-order valence-corrected chi connectivity index (χ4v) is 3.86. The van der Waals surface area contributed by atoms with E-state index in [1.54, 1.807) is 36.4 Å². The van der Waals surface area contributed by atoms with Crippen LogP contribution in [0.25, 0.3) is 0 Å². The highest BCUT2D eigenvalue weighted by atomic mass is 16.5. The number of nitrogens with one attached hydrogen (secondary N) is 1. The number of pyridine rings is 1. The average molecular weight is 351 g/mol. The third-order valence-corrected chi connectivity index (χ3v) is 5.34. The van der Waals surface area contributed by atoms with Crippen molar-refractivity contribution < 1.29 is 14.3 Å². The number of benzene rings is 1. The number of likely N-dealkylation sites (tertiary alicyclic amines) is 1. The number of methoxy groups -OCH3 is 1. The number of nitrogens with zero attached hydrogens (tertiary/aromatic N) is 2. The second-order valence-electron chi connectivity index (χ2n) is 6.95. The highest BCUT2D eigenvalue weighted by molar-refractivity contribution is 5.97. The summed E-state index contributed by atoms with van der Waals surface area (Å²) >= 11 is 0. The number of aryl methyl sites for hydroxylation is 1. The molecule has 1 N–H and O–H groups in total. The normalized spacial score (nSPS) is 21.9. The molecule has 6 nitrogen and oxygen atoms in total. The predicted molar refractivity (Wildman–Crippen MR) is 96.3 cm³/mol. The first-order valence-electron chi connectivity index (χ1n) is 8.80. The van der Waals surface area contributed by atoms with Gasteiger partial charge in [-0.05, 0) is 49.1 Å². The molecule has 2 aliphatic heterocycles. The summed E-state index contributed by atoms with van der Waals surface area (Å²) in [6, 6.07) is 11.0. The van der Waals surface area contributed by atoms with E-state index in [0.717, 1.165) is 24.8 Å². The number of rotatable bonds is 2. The molecule has 0 unspecified atom stereocenters. The van der Waals surface area contributed by atoms with Crippen LogP contribution in [-0.2, 0) is 6.42 Å². The fraction of sp³-hybridized carbons (Fsp3) is 0.350. The molecule has 2 aliphatic rings. The molecule has 1 aromatic heterocycles. The lowest BCUT2D eigenvalue weighted by atomic mass is 9.91. The Bertz CT molecular complexity index is 853. The summed E-state index contributed by atoms with van der Waals surface area (Å²) in [5.41, 5.74) is 1.75. The van der Waals surface area contributed by atoms with Gasteiger partial charge < -0.3 is 15.0 Å². The summed E-state index contributed by atoms with van der Waals surface area (Å²) in [5.74, 6) is 0.497. The molecular formula is C20H21N3O3. The van der Waals surface area contributed by atoms with Gasteiger partial charge in [-0.25, -0.2) is 0 Å². The Morgan fingerprint density at radius 2 is 2.15 bits per heavy atom. The fourth-order valence-electron chi connectivity index (χ4n) is 3.86. The van der Waals surface area contributed by atoms with Crippen molar-refractivity contribution in [1.29, 1.82) is 0 Å². The van der Waals surface area contributed by atoms with E-state index in [1.165, 1.54) is 0 Å². The maximum Gasteiger partial charge on any atom is 0.272 e. The number of hydrogen-bond donors (Lipinski definition) is 1. The number of hydrogen-bond acceptors (Lipinski definition) is 4. The minimum atomic E-state index is -0.381. The summed E-state index contributed by atoms with van der Waals surface area (Å²) in [7, 11) is 1.59. The van der Waals surface area contributed by atoms with Gasteiger partial charge >= 0.3 is 0 Å². The van der Waals surface area contributed by atoms with E-state index in [1.807, 2.05) is 18.2 Å². The summed E-state index contributed by atoms with van der Waals surface area (Å²) in [6.45, 7) is 1.13. The maximum absolute atomic E-state index is 12.8. The van der Waals surface area contributed by atoms with Gasteiger partial charge in [0.1, 0.15) is 11.4 Å². The summed E-state index contributed by atoms with van der Waals surface area (Å²) in [6.07, 6.45) is 3.98. The quantitative estimate of drug-likeness (QED) is 0.899. The Morgan fingerprint density at radius 1 is 1.27 bits per heavy atom. The second-order valence-corrected chi connectivity index (χ2v) is 6.95. The van der Waals surface area contributed by atoms with Gasteiger partial charge in [-0.2, -0.15) is 0 Å². The van der Waals surface area contributed by atoms with Crippen molar-refractivity contribution in [2.24, 2.45) is 0 Å². The van der Waals surface area contributed by atoms with Gasteiger partial charge in [-0.3, -0.25) is 14.6 Å². The van der Waals surface area contributed by atoms with E-state index in [9.17, 15) is 9.59 Å². The van der Waals surface area contributed by atoms with E-state index in [2.05, 4.69) is 10.3 Å². The lowest BCUT2D eigenvalue weighted by molar-refractivity contribution is 0.0759. The first-order chi connectivity index (χ1) is 12.6. The molecule has 1 saturated heterocycles. The molecule has 3 heterocycles. The number of amides is 2. The molecule has 0 radical (unpaired) electrons. The van der Waals surface area contributed by atoms with Crippen LogP contribution in [0, 0.1) is 0 Å². The van der Waals surface area contributed by atoms with E-state index < -0.39 is 0 Å². The molecule has 4 rings (SSSR count). The number of carbonyl (C=O) groups is 2. The van der Waals surface area contributed by atoms with Gasteiger partial charge in [-0.15, -0.1) is 0 Å². The number of fused-ring (bicyclic) bond motifs is 1. The van der Waals surface area contributed by atoms with Crippen LogP contribution in [0.3, 0.4) is 0 Å². The molecule has 1 spiro atoms. The Kier molecular flexibility index (Phi) is 4.11. The molecule has 134 valence electrons. The summed E-state index contributed by atoms with van der Waals surface area (Å²) in [4.78, 5) is 31.4. The molecule has 2 amide bonds. The molecule has 1 fully saturated rings. The minimum absolute atomic E-state index is 0.0832. The first kappa shape index (κ1) is 16.6. The van der Waals surface area contributed by atoms with E-state index in [-0.39, 0.29) is 17.4 Å².